The van der Waals surface area contributed by atoms with Crippen molar-refractivity contribution in [3.63, 3.8) is 0 Å². The lowest BCUT2D eigenvalue weighted by atomic mass is 9.76. The summed E-state index contributed by atoms with van der Waals surface area (Å²) >= 11 is 0. The molecule has 1 saturated carbocycles. The Morgan fingerprint density at radius 2 is 1.94 bits per heavy atom. The Morgan fingerprint density at radius 3 is 2.62 bits per heavy atom. The molecule has 5 heterocycles. The summed E-state index contributed by atoms with van der Waals surface area (Å²) in [5.74, 6) is 0.535. The Balaban J connectivity index is 1.40. The summed E-state index contributed by atoms with van der Waals surface area (Å²) in [5, 5.41) is 3.28. The highest BCUT2D eigenvalue weighted by atomic mass is 19.4. The molecule has 3 aromatic rings. The number of carbonyl (C=O) groups is 1. The van der Waals surface area contributed by atoms with Crippen LogP contribution in [0, 0.1) is 12.8 Å². The molecule has 0 spiro atoms. The Morgan fingerprint density at radius 1 is 1.09 bits per heavy atom. The number of halogens is 3. The van der Waals surface area contributed by atoms with E-state index in [1.54, 1.807) is 12.4 Å². The molecule has 0 radical (unpaired) electrons. The Hall–Kier alpha value is -3.49. The van der Waals surface area contributed by atoms with E-state index < -0.39 is 11.7 Å². The molecule has 3 fully saturated rings. The van der Waals surface area contributed by atoms with Crippen LogP contribution in [-0.4, -0.2) is 44.4 Å². The SMILES string of the molecule is Cc1cnc(C(=O)N2C[C@H]3CC[C@H]2[C@H](Nc2ccc(C(F)(F)F)cn2)C3)c(-c2ccccn2)c1. The molecule has 2 aliphatic heterocycles. The average molecular weight is 467 g/mol. The van der Waals surface area contributed by atoms with Gasteiger partial charge in [0.2, 0.25) is 0 Å². The number of aryl methyl sites for hydroxylation is 1. The third-order valence-electron chi connectivity index (χ3n) is 6.63. The minimum atomic E-state index is -4.43. The Bertz CT molecular complexity index is 1180. The highest BCUT2D eigenvalue weighted by molar-refractivity contribution is 5.99. The number of fused-ring (bicyclic) bond motifs is 3. The standard InChI is InChI=1S/C25H24F3N5O/c1-15-10-18(19-4-2-3-9-29-19)23(31-12-15)24(34)33-14-16-5-7-21(33)20(11-16)32-22-8-6-17(13-30-22)25(26,27)28/h2-4,6,8-10,12-13,16,20-21H,5,7,11,14H2,1H3,(H,30,32)/t16-,20+,21-/m0/s1. The largest absolute Gasteiger partial charge is 0.417 e. The fraction of sp³-hybridized carbons (Fsp3) is 0.360. The second kappa shape index (κ2) is 8.70. The molecule has 1 amide bonds. The first-order valence-corrected chi connectivity index (χ1v) is 11.3. The first-order chi connectivity index (χ1) is 16.3. The summed E-state index contributed by atoms with van der Waals surface area (Å²) in [5.41, 5.74) is 1.90. The van der Waals surface area contributed by atoms with Crippen LogP contribution < -0.4 is 5.32 Å². The molecule has 1 N–H and O–H groups in total. The van der Waals surface area contributed by atoms with Crippen LogP contribution in [0.5, 0.6) is 0 Å². The van der Waals surface area contributed by atoms with Gasteiger partial charge in [0.05, 0.1) is 17.3 Å². The van der Waals surface area contributed by atoms with Crippen LogP contribution >= 0.6 is 0 Å². The first-order valence-electron chi connectivity index (χ1n) is 11.3. The zero-order valence-corrected chi connectivity index (χ0v) is 18.6. The monoisotopic (exact) mass is 467 g/mol. The van der Waals surface area contributed by atoms with Gasteiger partial charge in [-0.1, -0.05) is 6.07 Å². The quantitative estimate of drug-likeness (QED) is 0.587. The molecule has 9 heteroatoms. The van der Waals surface area contributed by atoms with E-state index in [1.807, 2.05) is 36.1 Å². The minimum absolute atomic E-state index is 0.0931. The van der Waals surface area contributed by atoms with Crippen LogP contribution in [0.1, 0.15) is 40.9 Å². The van der Waals surface area contributed by atoms with E-state index >= 15 is 0 Å². The van der Waals surface area contributed by atoms with Crippen molar-refractivity contribution in [2.75, 3.05) is 11.9 Å². The number of rotatable bonds is 4. The van der Waals surface area contributed by atoms with Gasteiger partial charge >= 0.3 is 6.18 Å². The lowest BCUT2D eigenvalue weighted by Crippen LogP contribution is -2.60. The van der Waals surface area contributed by atoms with Gasteiger partial charge in [0.15, 0.2) is 0 Å². The van der Waals surface area contributed by atoms with Gasteiger partial charge in [-0.15, -0.1) is 0 Å². The third-order valence-corrected chi connectivity index (χ3v) is 6.63. The lowest BCUT2D eigenvalue weighted by molar-refractivity contribution is -0.137. The fourth-order valence-corrected chi connectivity index (χ4v) is 5.01. The second-order valence-electron chi connectivity index (χ2n) is 9.01. The molecule has 2 bridgehead atoms. The van der Waals surface area contributed by atoms with Crippen molar-refractivity contribution in [1.82, 2.24) is 19.9 Å². The van der Waals surface area contributed by atoms with Gasteiger partial charge in [-0.25, -0.2) is 4.98 Å². The first kappa shape index (κ1) is 22.3. The maximum absolute atomic E-state index is 13.7. The van der Waals surface area contributed by atoms with Gasteiger partial charge in [0, 0.05) is 36.7 Å². The van der Waals surface area contributed by atoms with Crippen LogP contribution in [0.15, 0.2) is 55.0 Å². The van der Waals surface area contributed by atoms with E-state index in [0.717, 1.165) is 37.1 Å². The van der Waals surface area contributed by atoms with E-state index in [0.29, 0.717) is 35.2 Å². The molecule has 2 saturated heterocycles. The van der Waals surface area contributed by atoms with E-state index in [4.69, 9.17) is 0 Å². The van der Waals surface area contributed by atoms with Gasteiger partial charge in [-0.2, -0.15) is 13.2 Å². The van der Waals surface area contributed by atoms with Crippen molar-refractivity contribution in [2.45, 2.75) is 44.4 Å². The molecule has 3 atom stereocenters. The van der Waals surface area contributed by atoms with Crippen molar-refractivity contribution in [1.29, 1.82) is 0 Å². The zero-order chi connectivity index (χ0) is 23.9. The van der Waals surface area contributed by atoms with Crippen LogP contribution in [0.25, 0.3) is 11.3 Å². The van der Waals surface area contributed by atoms with Crippen LogP contribution in [0.3, 0.4) is 0 Å². The number of anilines is 1. The van der Waals surface area contributed by atoms with E-state index in [-0.39, 0.29) is 18.0 Å². The third kappa shape index (κ3) is 4.34. The van der Waals surface area contributed by atoms with Crippen LogP contribution in [0.2, 0.25) is 0 Å². The second-order valence-corrected chi connectivity index (χ2v) is 9.01. The molecule has 6 nitrogen and oxygen atoms in total. The minimum Gasteiger partial charge on any atom is -0.365 e. The maximum Gasteiger partial charge on any atom is 0.417 e. The summed E-state index contributed by atoms with van der Waals surface area (Å²) in [6, 6.07) is 9.66. The number of alkyl halides is 3. The smallest absolute Gasteiger partial charge is 0.365 e. The number of nitrogens with one attached hydrogen (secondary N) is 1. The molecule has 34 heavy (non-hydrogen) atoms. The maximum atomic E-state index is 13.7. The number of carbonyl (C=O) groups excluding carboxylic acids is 1. The van der Waals surface area contributed by atoms with Crippen molar-refractivity contribution in [3.8, 4) is 11.3 Å². The van der Waals surface area contributed by atoms with Gasteiger partial charge in [-0.05, 0) is 68.0 Å². The van der Waals surface area contributed by atoms with Crippen LogP contribution in [-0.2, 0) is 6.18 Å². The number of amides is 1. The number of pyridine rings is 3. The van der Waals surface area contributed by atoms with Gasteiger partial charge in [0.25, 0.3) is 5.91 Å². The average Bonchev–Trinajstić information content (AvgIpc) is 2.84. The Labute approximate surface area is 195 Å². The molecule has 6 rings (SSSR count). The summed E-state index contributed by atoms with van der Waals surface area (Å²) in [6.45, 7) is 2.56. The number of aromatic nitrogens is 3. The molecular weight excluding hydrogens is 443 g/mol. The van der Waals surface area contributed by atoms with Crippen molar-refractivity contribution < 1.29 is 18.0 Å². The molecule has 0 unspecified atom stereocenters. The number of hydrogen-bond acceptors (Lipinski definition) is 5. The molecular formula is C25H24F3N5O. The number of hydrogen-bond donors (Lipinski definition) is 1. The van der Waals surface area contributed by atoms with E-state index in [9.17, 15) is 18.0 Å². The molecule has 3 aliphatic rings. The van der Waals surface area contributed by atoms with E-state index in [2.05, 4.69) is 20.3 Å². The molecule has 1 aliphatic carbocycles. The number of piperidine rings is 2. The summed E-state index contributed by atoms with van der Waals surface area (Å²) in [6.07, 6.45) is 2.45. The lowest BCUT2D eigenvalue weighted by Gasteiger charge is -2.50. The number of nitrogens with zero attached hydrogens (tertiary/aromatic N) is 4. The predicted molar refractivity (Wildman–Crippen MR) is 121 cm³/mol. The van der Waals surface area contributed by atoms with Crippen LogP contribution in [0.4, 0.5) is 19.0 Å². The Kier molecular flexibility index (Phi) is 5.71. The van der Waals surface area contributed by atoms with Gasteiger partial charge in [0.1, 0.15) is 11.5 Å². The highest BCUT2D eigenvalue weighted by Crippen LogP contribution is 2.38. The van der Waals surface area contributed by atoms with Crippen molar-refractivity contribution >= 4 is 11.7 Å². The molecule has 0 aromatic carbocycles. The summed E-state index contributed by atoms with van der Waals surface area (Å²) < 4.78 is 38.6. The summed E-state index contributed by atoms with van der Waals surface area (Å²) in [4.78, 5) is 28.4. The van der Waals surface area contributed by atoms with Gasteiger partial charge < -0.3 is 10.2 Å². The topological polar surface area (TPSA) is 71.0 Å². The van der Waals surface area contributed by atoms with Crippen molar-refractivity contribution in [3.05, 3.63) is 71.8 Å². The zero-order valence-electron chi connectivity index (χ0n) is 18.6. The highest BCUT2D eigenvalue weighted by Gasteiger charge is 2.44. The van der Waals surface area contributed by atoms with Gasteiger partial charge in [-0.3, -0.25) is 14.8 Å². The normalized spacial score (nSPS) is 22.0. The predicted octanol–water partition coefficient (Wildman–Crippen LogP) is 4.97. The molecule has 176 valence electrons. The van der Waals surface area contributed by atoms with E-state index in [1.165, 1.54) is 6.07 Å². The molecule has 3 aromatic heterocycles. The summed E-state index contributed by atoms with van der Waals surface area (Å²) in [7, 11) is 0. The fourth-order valence-electron chi connectivity index (χ4n) is 5.01. The van der Waals surface area contributed by atoms with Crippen molar-refractivity contribution in [2.24, 2.45) is 5.92 Å².